The molecule has 0 aliphatic carbocycles. The predicted molar refractivity (Wildman–Crippen MR) is 71.0 cm³/mol. The number of hydrogen-bond donors (Lipinski definition) is 2. The van der Waals surface area contributed by atoms with Crippen LogP contribution in [0.15, 0.2) is 36.7 Å². The fraction of sp³-hybridized carbons (Fsp3) is 0.0714. The lowest BCUT2D eigenvalue weighted by Gasteiger charge is -2.08. The van der Waals surface area contributed by atoms with E-state index in [1.54, 1.807) is 12.1 Å². The summed E-state index contributed by atoms with van der Waals surface area (Å²) in [6.07, 6.45) is 4.10. The van der Waals surface area contributed by atoms with Gasteiger partial charge < -0.3 is 11.1 Å². The fourth-order valence-corrected chi connectivity index (χ4v) is 1.79. The molecule has 0 saturated carbocycles. The number of Topliss-reactive ketones (excluding diaryl/α,β-unsaturated/α-hetero) is 1. The maximum absolute atomic E-state index is 13.3. The molecule has 0 amide bonds. The second kappa shape index (κ2) is 5.39. The third kappa shape index (κ3) is 2.65. The molecule has 0 saturated heterocycles. The number of nitrogen functional groups attached to an aromatic ring is 1. The molecule has 0 spiro atoms. The van der Waals surface area contributed by atoms with Crippen LogP contribution in [0, 0.1) is 11.2 Å². The topological polar surface area (TPSA) is 79.8 Å². The summed E-state index contributed by atoms with van der Waals surface area (Å²) in [7, 11) is 0. The third-order valence-electron chi connectivity index (χ3n) is 2.82. The number of aromatic nitrogens is 1. The lowest BCUT2D eigenvalue weighted by atomic mass is 9.98. The fourth-order valence-electron chi connectivity index (χ4n) is 1.79. The lowest BCUT2D eigenvalue weighted by molar-refractivity contribution is 0.0993. The van der Waals surface area contributed by atoms with E-state index in [0.29, 0.717) is 11.1 Å². The van der Waals surface area contributed by atoms with Crippen molar-refractivity contribution in [2.75, 3.05) is 5.73 Å². The molecule has 0 atom stereocenters. The largest absolute Gasteiger partial charge is 0.396 e. The zero-order valence-electron chi connectivity index (χ0n) is 10.1. The summed E-state index contributed by atoms with van der Waals surface area (Å²) in [5, 5.41) is 7.28. The van der Waals surface area contributed by atoms with E-state index >= 15 is 0 Å². The molecule has 0 radical (unpaired) electrons. The molecule has 0 aliphatic rings. The monoisotopic (exact) mass is 257 g/mol. The van der Waals surface area contributed by atoms with Gasteiger partial charge in [-0.3, -0.25) is 9.78 Å². The summed E-state index contributed by atoms with van der Waals surface area (Å²) in [6, 6.07) is 5.90. The van der Waals surface area contributed by atoms with Crippen LogP contribution in [0.25, 0.3) is 0 Å². The van der Waals surface area contributed by atoms with Crippen LogP contribution in [0.3, 0.4) is 0 Å². The molecule has 2 rings (SSSR count). The van der Waals surface area contributed by atoms with Crippen molar-refractivity contribution in [2.24, 2.45) is 0 Å². The van der Waals surface area contributed by atoms with Gasteiger partial charge in [0.25, 0.3) is 0 Å². The highest BCUT2D eigenvalue weighted by Gasteiger charge is 2.13. The number of nitrogens with two attached hydrogens (primary N) is 1. The molecule has 1 aromatic heterocycles. The summed E-state index contributed by atoms with van der Waals surface area (Å²) in [5.41, 5.74) is 6.77. The number of anilines is 1. The highest BCUT2D eigenvalue weighted by molar-refractivity contribution is 5.99. The van der Waals surface area contributed by atoms with Gasteiger partial charge in [-0.2, -0.15) is 0 Å². The molecule has 0 aliphatic heterocycles. The third-order valence-corrected chi connectivity index (χ3v) is 2.82. The van der Waals surface area contributed by atoms with E-state index in [-0.39, 0.29) is 23.5 Å². The Morgan fingerprint density at radius 3 is 2.63 bits per heavy atom. The van der Waals surface area contributed by atoms with Gasteiger partial charge in [-0.25, -0.2) is 4.39 Å². The van der Waals surface area contributed by atoms with Crippen molar-refractivity contribution in [3.05, 3.63) is 59.2 Å². The zero-order chi connectivity index (χ0) is 13.8. The highest BCUT2D eigenvalue weighted by Crippen LogP contribution is 2.20. The van der Waals surface area contributed by atoms with Gasteiger partial charge in [0.1, 0.15) is 5.82 Å². The van der Waals surface area contributed by atoms with Gasteiger partial charge in [-0.15, -0.1) is 0 Å². The molecular weight excluding hydrogens is 245 g/mol. The number of carbonyl (C=O) groups excluding carboxylic acids is 1. The standard InChI is InChI=1S/C14H12FN3O/c15-12-2-1-10(11(8-16)14(12)17)7-13(19)9-3-5-18-6-4-9/h1-6,8,16H,7,17H2. The number of ketones is 1. The minimum absolute atomic E-state index is 0.0687. The van der Waals surface area contributed by atoms with Gasteiger partial charge in [-0.05, 0) is 23.8 Å². The van der Waals surface area contributed by atoms with Crippen molar-refractivity contribution in [3.8, 4) is 0 Å². The van der Waals surface area contributed by atoms with Gasteiger partial charge in [0.15, 0.2) is 5.78 Å². The van der Waals surface area contributed by atoms with Crippen molar-refractivity contribution in [1.82, 2.24) is 4.98 Å². The van der Waals surface area contributed by atoms with Gasteiger partial charge in [0.05, 0.1) is 5.69 Å². The van der Waals surface area contributed by atoms with Gasteiger partial charge in [-0.1, -0.05) is 6.07 Å². The number of hydrogen-bond acceptors (Lipinski definition) is 4. The summed E-state index contributed by atoms with van der Waals surface area (Å²) in [6.45, 7) is 0. The van der Waals surface area contributed by atoms with Crippen LogP contribution in [-0.4, -0.2) is 17.0 Å². The van der Waals surface area contributed by atoms with Crippen LogP contribution in [0.4, 0.5) is 10.1 Å². The lowest BCUT2D eigenvalue weighted by Crippen LogP contribution is -2.08. The van der Waals surface area contributed by atoms with E-state index in [0.717, 1.165) is 6.21 Å². The first-order valence-electron chi connectivity index (χ1n) is 5.64. The maximum atomic E-state index is 13.3. The number of halogens is 1. The zero-order valence-corrected chi connectivity index (χ0v) is 10.1. The Morgan fingerprint density at radius 1 is 1.32 bits per heavy atom. The molecule has 5 heteroatoms. The molecule has 1 aromatic carbocycles. The molecule has 1 heterocycles. The van der Waals surface area contributed by atoms with Crippen molar-refractivity contribution in [2.45, 2.75) is 6.42 Å². The summed E-state index contributed by atoms with van der Waals surface area (Å²) in [5.74, 6) is -0.713. The molecule has 0 unspecified atom stereocenters. The predicted octanol–water partition coefficient (Wildman–Crippen LogP) is 2.23. The molecule has 96 valence electrons. The van der Waals surface area contributed by atoms with Gasteiger partial charge >= 0.3 is 0 Å². The molecule has 4 nitrogen and oxygen atoms in total. The van der Waals surface area contributed by atoms with Gasteiger partial charge in [0.2, 0.25) is 0 Å². The van der Waals surface area contributed by atoms with E-state index in [2.05, 4.69) is 4.98 Å². The SMILES string of the molecule is N=Cc1c(CC(=O)c2ccncc2)ccc(F)c1N. The van der Waals surface area contributed by atoms with Crippen LogP contribution in [0.1, 0.15) is 21.5 Å². The second-order valence-electron chi connectivity index (χ2n) is 4.01. The van der Waals surface area contributed by atoms with E-state index in [9.17, 15) is 9.18 Å². The Bertz CT molecular complexity index is 626. The molecule has 0 bridgehead atoms. The Morgan fingerprint density at radius 2 is 2.00 bits per heavy atom. The van der Waals surface area contributed by atoms with Crippen molar-refractivity contribution < 1.29 is 9.18 Å². The van der Waals surface area contributed by atoms with Crippen LogP contribution in [0.5, 0.6) is 0 Å². The van der Waals surface area contributed by atoms with Crippen LogP contribution >= 0.6 is 0 Å². The Hall–Kier alpha value is -2.56. The van der Waals surface area contributed by atoms with E-state index in [1.165, 1.54) is 24.5 Å². The van der Waals surface area contributed by atoms with Crippen molar-refractivity contribution in [3.63, 3.8) is 0 Å². The normalized spacial score (nSPS) is 10.2. The summed E-state index contributed by atoms with van der Waals surface area (Å²) in [4.78, 5) is 15.9. The first-order chi connectivity index (χ1) is 9.13. The smallest absolute Gasteiger partial charge is 0.167 e. The van der Waals surface area contributed by atoms with Crippen LogP contribution in [-0.2, 0) is 6.42 Å². The second-order valence-corrected chi connectivity index (χ2v) is 4.01. The van der Waals surface area contributed by atoms with E-state index < -0.39 is 5.82 Å². The number of nitrogens with one attached hydrogen (secondary N) is 1. The maximum Gasteiger partial charge on any atom is 0.167 e. The van der Waals surface area contributed by atoms with Gasteiger partial charge in [0, 0.05) is 36.2 Å². The summed E-state index contributed by atoms with van der Waals surface area (Å²) >= 11 is 0. The number of carbonyl (C=O) groups is 1. The number of benzene rings is 1. The molecule has 19 heavy (non-hydrogen) atoms. The van der Waals surface area contributed by atoms with Crippen LogP contribution in [0.2, 0.25) is 0 Å². The average molecular weight is 257 g/mol. The van der Waals surface area contributed by atoms with Crippen molar-refractivity contribution in [1.29, 1.82) is 5.41 Å². The number of pyridine rings is 1. The first kappa shape index (κ1) is 12.9. The number of rotatable bonds is 4. The van der Waals surface area contributed by atoms with Crippen LogP contribution < -0.4 is 5.73 Å². The summed E-state index contributed by atoms with van der Waals surface area (Å²) < 4.78 is 13.3. The Balaban J connectivity index is 2.32. The molecular formula is C14H12FN3O. The van der Waals surface area contributed by atoms with E-state index in [1.807, 2.05) is 0 Å². The minimum atomic E-state index is -0.585. The quantitative estimate of drug-likeness (QED) is 0.500. The Labute approximate surface area is 109 Å². The minimum Gasteiger partial charge on any atom is -0.396 e. The number of nitrogens with zero attached hydrogens (tertiary/aromatic N) is 1. The molecule has 0 fully saturated rings. The van der Waals surface area contributed by atoms with Crippen molar-refractivity contribution >= 4 is 17.7 Å². The molecule has 2 aromatic rings. The average Bonchev–Trinajstić information content (AvgIpc) is 2.44. The molecule has 3 N–H and O–H groups in total. The first-order valence-corrected chi connectivity index (χ1v) is 5.64. The Kier molecular flexibility index (Phi) is 3.66. The van der Waals surface area contributed by atoms with E-state index in [4.69, 9.17) is 11.1 Å². The highest BCUT2D eigenvalue weighted by atomic mass is 19.1.